The molecule has 0 bridgehead atoms. The van der Waals surface area contributed by atoms with Crippen molar-refractivity contribution in [2.24, 2.45) is 5.92 Å². The molecule has 1 N–H and O–H groups in total. The van der Waals surface area contributed by atoms with Crippen LogP contribution in [0, 0.1) is 26.7 Å². The topological polar surface area (TPSA) is 12.0 Å². The van der Waals surface area contributed by atoms with Crippen LogP contribution in [0.25, 0.3) is 0 Å². The average molecular weight is 253 g/mol. The van der Waals surface area contributed by atoms with Crippen molar-refractivity contribution in [2.45, 2.75) is 39.5 Å². The van der Waals surface area contributed by atoms with E-state index < -0.39 is 11.8 Å². The molecule has 1 saturated heterocycles. The van der Waals surface area contributed by atoms with Gasteiger partial charge in [0.1, 0.15) is 0 Å². The highest BCUT2D eigenvalue weighted by Gasteiger charge is 2.42. The molecule has 0 radical (unpaired) electrons. The van der Waals surface area contributed by atoms with Gasteiger partial charge in [0.05, 0.1) is 0 Å². The van der Waals surface area contributed by atoms with Gasteiger partial charge in [-0.25, -0.2) is 8.78 Å². The number of hydrogen-bond donors (Lipinski definition) is 1. The summed E-state index contributed by atoms with van der Waals surface area (Å²) in [7, 11) is 0. The molecular weight excluding hydrogens is 232 g/mol. The molecule has 1 aliphatic rings. The van der Waals surface area contributed by atoms with E-state index in [0.717, 1.165) is 16.7 Å². The maximum atomic E-state index is 14.6. The molecule has 1 aliphatic heterocycles. The Hall–Kier alpha value is -0.960. The van der Waals surface area contributed by atoms with Crippen molar-refractivity contribution in [3.63, 3.8) is 0 Å². The maximum Gasteiger partial charge on any atom is 0.276 e. The Morgan fingerprint density at radius 3 is 2.28 bits per heavy atom. The van der Waals surface area contributed by atoms with Crippen LogP contribution in [0.2, 0.25) is 0 Å². The first-order valence-corrected chi connectivity index (χ1v) is 6.60. The lowest BCUT2D eigenvalue weighted by molar-refractivity contribution is -0.0758. The Morgan fingerprint density at radius 1 is 1.06 bits per heavy atom. The number of halogens is 2. The van der Waals surface area contributed by atoms with Gasteiger partial charge < -0.3 is 5.32 Å². The lowest BCUT2D eigenvalue weighted by Gasteiger charge is -2.32. The molecule has 1 heterocycles. The Bertz CT molecular complexity index is 434. The van der Waals surface area contributed by atoms with Crippen LogP contribution >= 0.6 is 0 Å². The zero-order valence-electron chi connectivity index (χ0n) is 11.3. The van der Waals surface area contributed by atoms with E-state index in [2.05, 4.69) is 5.32 Å². The second kappa shape index (κ2) is 4.96. The monoisotopic (exact) mass is 253 g/mol. The molecule has 0 aliphatic carbocycles. The first-order valence-electron chi connectivity index (χ1n) is 6.60. The number of nitrogens with one attached hydrogen (secondary N) is 1. The minimum absolute atomic E-state index is 0.220. The highest BCUT2D eigenvalue weighted by molar-refractivity contribution is 5.41. The molecule has 0 atom stereocenters. The molecule has 0 saturated carbocycles. The number of piperidine rings is 1. The zero-order chi connectivity index (χ0) is 13.3. The zero-order valence-corrected chi connectivity index (χ0v) is 11.3. The molecule has 1 nitrogen and oxygen atoms in total. The van der Waals surface area contributed by atoms with Gasteiger partial charge in [-0.1, -0.05) is 12.1 Å². The summed E-state index contributed by atoms with van der Waals surface area (Å²) in [5, 5.41) is 3.14. The third-order valence-corrected chi connectivity index (χ3v) is 4.27. The van der Waals surface area contributed by atoms with Crippen LogP contribution in [0.15, 0.2) is 12.1 Å². The van der Waals surface area contributed by atoms with E-state index in [1.54, 1.807) is 6.07 Å². The van der Waals surface area contributed by atoms with Crippen LogP contribution in [0.5, 0.6) is 0 Å². The fraction of sp³-hybridized carbons (Fsp3) is 0.600. The van der Waals surface area contributed by atoms with Gasteiger partial charge in [-0.15, -0.1) is 0 Å². The van der Waals surface area contributed by atoms with Crippen LogP contribution in [0.1, 0.15) is 35.1 Å². The second-order valence-corrected chi connectivity index (χ2v) is 5.33. The standard InChI is InChI=1S/C15H21F2N/c1-10-4-5-14(12(3)11(10)2)15(16,17)13-6-8-18-9-7-13/h4-5,13,18H,6-9H2,1-3H3. The molecule has 1 aromatic rings. The van der Waals surface area contributed by atoms with Crippen molar-refractivity contribution in [3.8, 4) is 0 Å². The molecule has 1 fully saturated rings. The van der Waals surface area contributed by atoms with Gasteiger partial charge >= 0.3 is 0 Å². The molecule has 3 heteroatoms. The summed E-state index contributed by atoms with van der Waals surface area (Å²) < 4.78 is 29.2. The maximum absolute atomic E-state index is 14.6. The first kappa shape index (κ1) is 13.5. The van der Waals surface area contributed by atoms with Gasteiger partial charge in [0, 0.05) is 11.5 Å². The van der Waals surface area contributed by atoms with Crippen LogP contribution in [0.4, 0.5) is 8.78 Å². The normalized spacial score (nSPS) is 18.1. The minimum Gasteiger partial charge on any atom is -0.317 e. The second-order valence-electron chi connectivity index (χ2n) is 5.33. The van der Waals surface area contributed by atoms with E-state index in [9.17, 15) is 8.78 Å². The van der Waals surface area contributed by atoms with Gasteiger partial charge in [0.25, 0.3) is 5.92 Å². The van der Waals surface area contributed by atoms with Crippen LogP contribution < -0.4 is 5.32 Å². The van der Waals surface area contributed by atoms with Crippen molar-refractivity contribution in [3.05, 3.63) is 34.4 Å². The Morgan fingerprint density at radius 2 is 1.67 bits per heavy atom. The summed E-state index contributed by atoms with van der Waals surface area (Å²) in [5.41, 5.74) is 3.04. The predicted octanol–water partition coefficient (Wildman–Crippen LogP) is 3.70. The largest absolute Gasteiger partial charge is 0.317 e. The van der Waals surface area contributed by atoms with Crippen molar-refractivity contribution in [1.82, 2.24) is 5.32 Å². The predicted molar refractivity (Wildman–Crippen MR) is 70.1 cm³/mol. The number of alkyl halides is 2. The number of hydrogen-bond acceptors (Lipinski definition) is 1. The third kappa shape index (κ3) is 2.28. The molecule has 0 aromatic heterocycles. The Labute approximate surface area is 108 Å². The SMILES string of the molecule is Cc1ccc(C(F)(F)C2CCNCC2)c(C)c1C. The summed E-state index contributed by atoms with van der Waals surface area (Å²) in [6.07, 6.45) is 1.11. The Kier molecular flexibility index (Phi) is 3.71. The third-order valence-electron chi connectivity index (χ3n) is 4.27. The van der Waals surface area contributed by atoms with Crippen molar-refractivity contribution >= 4 is 0 Å². The van der Waals surface area contributed by atoms with Gasteiger partial charge in [-0.05, 0) is 63.4 Å². The van der Waals surface area contributed by atoms with Gasteiger partial charge in [-0.3, -0.25) is 0 Å². The molecule has 1 aromatic carbocycles. The lowest BCUT2D eigenvalue weighted by atomic mass is 9.84. The van der Waals surface area contributed by atoms with E-state index in [4.69, 9.17) is 0 Å². The van der Waals surface area contributed by atoms with E-state index in [-0.39, 0.29) is 5.56 Å². The van der Waals surface area contributed by atoms with Gasteiger partial charge in [0.15, 0.2) is 0 Å². The smallest absolute Gasteiger partial charge is 0.276 e. The van der Waals surface area contributed by atoms with E-state index in [0.29, 0.717) is 25.9 Å². The van der Waals surface area contributed by atoms with Gasteiger partial charge in [0.2, 0.25) is 0 Å². The summed E-state index contributed by atoms with van der Waals surface area (Å²) in [4.78, 5) is 0. The highest BCUT2D eigenvalue weighted by Crippen LogP contribution is 2.42. The van der Waals surface area contributed by atoms with Crippen LogP contribution in [-0.4, -0.2) is 13.1 Å². The molecule has 100 valence electrons. The van der Waals surface area contributed by atoms with Gasteiger partial charge in [-0.2, -0.15) is 0 Å². The van der Waals surface area contributed by atoms with Crippen molar-refractivity contribution in [1.29, 1.82) is 0 Å². The van der Waals surface area contributed by atoms with E-state index >= 15 is 0 Å². The Balaban J connectivity index is 2.37. The van der Waals surface area contributed by atoms with E-state index in [1.807, 2.05) is 26.8 Å². The average Bonchev–Trinajstić information content (AvgIpc) is 2.37. The molecule has 0 unspecified atom stereocenters. The molecule has 0 spiro atoms. The molecular formula is C15H21F2N. The summed E-state index contributed by atoms with van der Waals surface area (Å²) >= 11 is 0. The number of benzene rings is 1. The van der Waals surface area contributed by atoms with Crippen molar-refractivity contribution in [2.75, 3.05) is 13.1 Å². The van der Waals surface area contributed by atoms with E-state index in [1.165, 1.54) is 0 Å². The fourth-order valence-electron chi connectivity index (χ4n) is 2.72. The summed E-state index contributed by atoms with van der Waals surface area (Å²) in [6, 6.07) is 3.42. The van der Waals surface area contributed by atoms with Crippen LogP contribution in [-0.2, 0) is 5.92 Å². The molecule has 18 heavy (non-hydrogen) atoms. The molecule has 0 amide bonds. The first-order chi connectivity index (χ1) is 8.44. The summed E-state index contributed by atoms with van der Waals surface area (Å²) in [6.45, 7) is 7.10. The minimum atomic E-state index is -2.70. The summed E-state index contributed by atoms with van der Waals surface area (Å²) in [5.74, 6) is -3.23. The number of aryl methyl sites for hydroxylation is 1. The fourth-order valence-corrected chi connectivity index (χ4v) is 2.72. The molecule has 2 rings (SSSR count). The highest BCUT2D eigenvalue weighted by atomic mass is 19.3. The quantitative estimate of drug-likeness (QED) is 0.847. The lowest BCUT2D eigenvalue weighted by Crippen LogP contribution is -2.37. The van der Waals surface area contributed by atoms with Crippen molar-refractivity contribution < 1.29 is 8.78 Å². The number of rotatable bonds is 2. The van der Waals surface area contributed by atoms with Crippen LogP contribution in [0.3, 0.4) is 0 Å².